The van der Waals surface area contributed by atoms with Crippen molar-refractivity contribution in [2.45, 2.75) is 25.4 Å². The number of aryl methyl sites for hydroxylation is 1. The maximum Gasteiger partial charge on any atom is 0.0774 e. The predicted octanol–water partition coefficient (Wildman–Crippen LogP) is 3.65. The van der Waals surface area contributed by atoms with E-state index in [0.29, 0.717) is 5.92 Å². The number of rotatable bonds is 4. The van der Waals surface area contributed by atoms with E-state index in [4.69, 9.17) is 4.74 Å². The SMILES string of the molecule is Cc1ccccc1C[C@@H](c1ccccc1)C1CN(C)CCO1. The van der Waals surface area contributed by atoms with Crippen molar-refractivity contribution in [2.75, 3.05) is 26.7 Å². The van der Waals surface area contributed by atoms with E-state index in [0.717, 1.165) is 26.1 Å². The topological polar surface area (TPSA) is 12.5 Å². The van der Waals surface area contributed by atoms with Crippen LogP contribution in [0.5, 0.6) is 0 Å². The monoisotopic (exact) mass is 295 g/mol. The minimum Gasteiger partial charge on any atom is -0.375 e. The van der Waals surface area contributed by atoms with Crippen molar-refractivity contribution in [1.82, 2.24) is 4.90 Å². The number of morpholine rings is 1. The molecular weight excluding hydrogens is 270 g/mol. The summed E-state index contributed by atoms with van der Waals surface area (Å²) in [5.41, 5.74) is 4.17. The van der Waals surface area contributed by atoms with Crippen LogP contribution >= 0.6 is 0 Å². The summed E-state index contributed by atoms with van der Waals surface area (Å²) >= 11 is 0. The molecule has 2 atom stereocenters. The maximum atomic E-state index is 6.14. The molecule has 0 N–H and O–H groups in total. The highest BCUT2D eigenvalue weighted by atomic mass is 16.5. The highest BCUT2D eigenvalue weighted by molar-refractivity contribution is 5.30. The molecule has 1 saturated heterocycles. The molecule has 1 aliphatic rings. The number of nitrogens with zero attached hydrogens (tertiary/aromatic N) is 1. The van der Waals surface area contributed by atoms with Crippen LogP contribution in [0, 0.1) is 6.92 Å². The van der Waals surface area contributed by atoms with Gasteiger partial charge < -0.3 is 9.64 Å². The maximum absolute atomic E-state index is 6.14. The van der Waals surface area contributed by atoms with Gasteiger partial charge >= 0.3 is 0 Å². The molecule has 0 aromatic heterocycles. The Morgan fingerprint density at radius 1 is 1.09 bits per heavy atom. The first-order valence-corrected chi connectivity index (χ1v) is 8.13. The average molecular weight is 295 g/mol. The molecule has 2 aromatic carbocycles. The Labute approximate surface area is 133 Å². The van der Waals surface area contributed by atoms with Crippen LogP contribution in [0.3, 0.4) is 0 Å². The fourth-order valence-corrected chi connectivity index (χ4v) is 3.29. The summed E-state index contributed by atoms with van der Waals surface area (Å²) in [6.45, 7) is 5.07. The van der Waals surface area contributed by atoms with E-state index in [1.54, 1.807) is 0 Å². The molecule has 3 rings (SSSR count). The fraction of sp³-hybridized carbons (Fsp3) is 0.400. The van der Waals surface area contributed by atoms with E-state index in [1.807, 2.05) is 0 Å². The molecule has 0 aliphatic carbocycles. The average Bonchev–Trinajstić information content (AvgIpc) is 2.55. The van der Waals surface area contributed by atoms with E-state index in [9.17, 15) is 0 Å². The molecule has 0 amide bonds. The Morgan fingerprint density at radius 3 is 2.55 bits per heavy atom. The van der Waals surface area contributed by atoms with Crippen LogP contribution in [0.1, 0.15) is 22.6 Å². The largest absolute Gasteiger partial charge is 0.375 e. The first kappa shape index (κ1) is 15.3. The molecule has 2 nitrogen and oxygen atoms in total. The number of ether oxygens (including phenoxy) is 1. The quantitative estimate of drug-likeness (QED) is 0.853. The Kier molecular flexibility index (Phi) is 4.91. The van der Waals surface area contributed by atoms with Crippen molar-refractivity contribution in [1.29, 1.82) is 0 Å². The first-order valence-electron chi connectivity index (χ1n) is 8.13. The van der Waals surface area contributed by atoms with Gasteiger partial charge in [0, 0.05) is 19.0 Å². The highest BCUT2D eigenvalue weighted by Crippen LogP contribution is 2.29. The van der Waals surface area contributed by atoms with E-state index in [-0.39, 0.29) is 6.10 Å². The van der Waals surface area contributed by atoms with Crippen LogP contribution in [0.15, 0.2) is 54.6 Å². The third-order valence-electron chi connectivity index (χ3n) is 4.67. The van der Waals surface area contributed by atoms with E-state index in [2.05, 4.69) is 73.5 Å². The lowest BCUT2D eigenvalue weighted by molar-refractivity contribution is -0.0335. The van der Waals surface area contributed by atoms with Crippen LogP contribution in [0.2, 0.25) is 0 Å². The molecule has 1 fully saturated rings. The number of benzene rings is 2. The van der Waals surface area contributed by atoms with Gasteiger partial charge in [0.2, 0.25) is 0 Å². The second kappa shape index (κ2) is 7.08. The zero-order valence-corrected chi connectivity index (χ0v) is 13.5. The van der Waals surface area contributed by atoms with Gasteiger partial charge in [-0.05, 0) is 37.1 Å². The minimum absolute atomic E-state index is 0.265. The van der Waals surface area contributed by atoms with E-state index >= 15 is 0 Å². The zero-order valence-electron chi connectivity index (χ0n) is 13.5. The van der Waals surface area contributed by atoms with Crippen LogP contribution in [-0.2, 0) is 11.2 Å². The summed E-state index contributed by atoms with van der Waals surface area (Å²) in [6.07, 6.45) is 1.30. The van der Waals surface area contributed by atoms with Gasteiger partial charge in [-0.2, -0.15) is 0 Å². The van der Waals surface area contributed by atoms with Gasteiger partial charge in [-0.1, -0.05) is 54.6 Å². The van der Waals surface area contributed by atoms with E-state index in [1.165, 1.54) is 16.7 Å². The number of likely N-dealkylation sites (N-methyl/N-ethyl adjacent to an activating group) is 1. The van der Waals surface area contributed by atoms with Gasteiger partial charge in [-0.3, -0.25) is 0 Å². The molecule has 2 heteroatoms. The van der Waals surface area contributed by atoms with Crippen LogP contribution in [-0.4, -0.2) is 37.7 Å². The second-order valence-electron chi connectivity index (χ2n) is 6.32. The molecule has 116 valence electrons. The molecule has 1 aliphatic heterocycles. The minimum atomic E-state index is 0.265. The van der Waals surface area contributed by atoms with Gasteiger partial charge in [-0.15, -0.1) is 0 Å². The molecule has 0 radical (unpaired) electrons. The molecule has 22 heavy (non-hydrogen) atoms. The lowest BCUT2D eigenvalue weighted by atomic mass is 9.85. The summed E-state index contributed by atoms with van der Waals surface area (Å²) in [4.78, 5) is 2.38. The lowest BCUT2D eigenvalue weighted by Gasteiger charge is -2.35. The van der Waals surface area contributed by atoms with Crippen molar-refractivity contribution < 1.29 is 4.74 Å². The normalized spacial score (nSPS) is 20.7. The summed E-state index contributed by atoms with van der Waals surface area (Å²) in [5, 5.41) is 0. The highest BCUT2D eigenvalue weighted by Gasteiger charge is 2.28. The smallest absolute Gasteiger partial charge is 0.0774 e. The van der Waals surface area contributed by atoms with Gasteiger partial charge in [0.25, 0.3) is 0 Å². The third kappa shape index (κ3) is 3.57. The molecule has 0 spiro atoms. The molecular formula is C20H25NO. The number of hydrogen-bond donors (Lipinski definition) is 0. The molecule has 1 heterocycles. The van der Waals surface area contributed by atoms with Crippen LogP contribution in [0.25, 0.3) is 0 Å². The second-order valence-corrected chi connectivity index (χ2v) is 6.32. The van der Waals surface area contributed by atoms with Crippen molar-refractivity contribution in [3.63, 3.8) is 0 Å². The van der Waals surface area contributed by atoms with Crippen LogP contribution in [0.4, 0.5) is 0 Å². The van der Waals surface area contributed by atoms with E-state index < -0.39 is 0 Å². The molecule has 0 bridgehead atoms. The Balaban J connectivity index is 1.88. The molecule has 2 aromatic rings. The van der Waals surface area contributed by atoms with Crippen LogP contribution < -0.4 is 0 Å². The zero-order chi connectivity index (χ0) is 15.4. The predicted molar refractivity (Wildman–Crippen MR) is 91.3 cm³/mol. The van der Waals surface area contributed by atoms with Crippen molar-refractivity contribution in [3.8, 4) is 0 Å². The van der Waals surface area contributed by atoms with Crippen molar-refractivity contribution in [3.05, 3.63) is 71.3 Å². The standard InChI is InChI=1S/C20H25NO/c1-16-8-6-7-11-18(16)14-19(17-9-4-3-5-10-17)20-15-21(2)12-13-22-20/h3-11,19-20H,12-15H2,1-2H3/t19-,20?/m0/s1. The van der Waals surface area contributed by atoms with Crippen molar-refractivity contribution in [2.24, 2.45) is 0 Å². The van der Waals surface area contributed by atoms with Gasteiger partial charge in [0.15, 0.2) is 0 Å². The summed E-state index contributed by atoms with van der Waals surface area (Å²) < 4.78 is 6.14. The Hall–Kier alpha value is -1.64. The fourth-order valence-electron chi connectivity index (χ4n) is 3.29. The first-order chi connectivity index (χ1) is 10.7. The summed E-state index contributed by atoms with van der Waals surface area (Å²) in [7, 11) is 2.19. The summed E-state index contributed by atoms with van der Waals surface area (Å²) in [6, 6.07) is 19.5. The third-order valence-corrected chi connectivity index (χ3v) is 4.67. The van der Waals surface area contributed by atoms with Gasteiger partial charge in [0.05, 0.1) is 12.7 Å². The Morgan fingerprint density at radius 2 is 1.82 bits per heavy atom. The van der Waals surface area contributed by atoms with Crippen molar-refractivity contribution >= 4 is 0 Å². The molecule has 0 saturated carbocycles. The van der Waals surface area contributed by atoms with Gasteiger partial charge in [-0.25, -0.2) is 0 Å². The number of hydrogen-bond acceptors (Lipinski definition) is 2. The Bertz CT molecular complexity index is 596. The lowest BCUT2D eigenvalue weighted by Crippen LogP contribution is -2.43. The summed E-state index contributed by atoms with van der Waals surface area (Å²) in [5.74, 6) is 0.407. The van der Waals surface area contributed by atoms with Gasteiger partial charge in [0.1, 0.15) is 0 Å². The molecule has 1 unspecified atom stereocenters.